The number of ether oxygens (including phenoxy) is 2. The number of benzene rings is 2. The lowest BCUT2D eigenvalue weighted by atomic mass is 9.99. The van der Waals surface area contributed by atoms with Crippen molar-refractivity contribution >= 4 is 11.5 Å². The number of carbonyl (C=O) groups is 1. The molecule has 4 heteroatoms. The first-order valence-corrected chi connectivity index (χ1v) is 8.83. The number of esters is 1. The third-order valence-corrected chi connectivity index (χ3v) is 3.98. The molecule has 0 aliphatic carbocycles. The SMILES string of the molecule is C=C(C)c1cc(-c2ccccc2)ccc1OCCN(C)CC(=O)OCC. The van der Waals surface area contributed by atoms with Gasteiger partial charge in [-0.15, -0.1) is 0 Å². The van der Waals surface area contributed by atoms with Crippen molar-refractivity contribution in [2.45, 2.75) is 13.8 Å². The van der Waals surface area contributed by atoms with E-state index >= 15 is 0 Å². The average molecular weight is 353 g/mol. The van der Waals surface area contributed by atoms with Crippen molar-refractivity contribution in [2.24, 2.45) is 0 Å². The highest BCUT2D eigenvalue weighted by molar-refractivity contribution is 5.74. The van der Waals surface area contributed by atoms with Crippen LogP contribution in [0.15, 0.2) is 55.1 Å². The molecular formula is C22H27NO3. The van der Waals surface area contributed by atoms with Gasteiger partial charge in [-0.05, 0) is 49.7 Å². The third kappa shape index (κ3) is 5.74. The molecule has 0 aromatic heterocycles. The monoisotopic (exact) mass is 353 g/mol. The summed E-state index contributed by atoms with van der Waals surface area (Å²) in [5, 5.41) is 0. The summed E-state index contributed by atoms with van der Waals surface area (Å²) in [5.41, 5.74) is 4.25. The summed E-state index contributed by atoms with van der Waals surface area (Å²) in [6.45, 7) is 9.64. The first-order chi connectivity index (χ1) is 12.5. The zero-order chi connectivity index (χ0) is 18.9. The third-order valence-electron chi connectivity index (χ3n) is 3.98. The van der Waals surface area contributed by atoms with Crippen molar-refractivity contribution < 1.29 is 14.3 Å². The molecule has 0 fully saturated rings. The van der Waals surface area contributed by atoms with E-state index in [0.717, 1.165) is 28.0 Å². The van der Waals surface area contributed by atoms with Gasteiger partial charge >= 0.3 is 5.97 Å². The van der Waals surface area contributed by atoms with E-state index in [4.69, 9.17) is 9.47 Å². The van der Waals surface area contributed by atoms with Gasteiger partial charge in [0.15, 0.2) is 0 Å². The Bertz CT molecular complexity index is 740. The van der Waals surface area contributed by atoms with Crippen molar-refractivity contribution in [3.8, 4) is 16.9 Å². The van der Waals surface area contributed by atoms with E-state index in [-0.39, 0.29) is 12.5 Å². The van der Waals surface area contributed by atoms with Crippen molar-refractivity contribution in [2.75, 3.05) is 33.4 Å². The van der Waals surface area contributed by atoms with Gasteiger partial charge in [0.2, 0.25) is 0 Å². The van der Waals surface area contributed by atoms with Crippen molar-refractivity contribution in [3.63, 3.8) is 0 Å². The number of nitrogens with zero attached hydrogens (tertiary/aromatic N) is 1. The number of allylic oxidation sites excluding steroid dienone is 1. The van der Waals surface area contributed by atoms with Gasteiger partial charge in [-0.3, -0.25) is 9.69 Å². The number of hydrogen-bond donors (Lipinski definition) is 0. The van der Waals surface area contributed by atoms with Crippen LogP contribution in [-0.2, 0) is 9.53 Å². The van der Waals surface area contributed by atoms with Crippen molar-refractivity contribution in [1.29, 1.82) is 0 Å². The van der Waals surface area contributed by atoms with Gasteiger partial charge in [-0.1, -0.05) is 43.0 Å². The Labute approximate surface area is 156 Å². The minimum atomic E-state index is -0.218. The van der Waals surface area contributed by atoms with Crippen LogP contribution in [0, 0.1) is 0 Å². The molecule has 0 bridgehead atoms. The summed E-state index contributed by atoms with van der Waals surface area (Å²) in [7, 11) is 1.87. The van der Waals surface area contributed by atoms with Crippen LogP contribution in [0.25, 0.3) is 16.7 Å². The molecular weight excluding hydrogens is 326 g/mol. The summed E-state index contributed by atoms with van der Waals surface area (Å²) < 4.78 is 10.9. The van der Waals surface area contributed by atoms with Crippen LogP contribution >= 0.6 is 0 Å². The largest absolute Gasteiger partial charge is 0.492 e. The van der Waals surface area contributed by atoms with Gasteiger partial charge in [-0.25, -0.2) is 0 Å². The number of rotatable bonds is 9. The molecule has 0 N–H and O–H groups in total. The molecule has 138 valence electrons. The molecule has 0 saturated heterocycles. The van der Waals surface area contributed by atoms with Crippen LogP contribution in [0.5, 0.6) is 5.75 Å². The van der Waals surface area contributed by atoms with Gasteiger partial charge < -0.3 is 9.47 Å². The lowest BCUT2D eigenvalue weighted by molar-refractivity contribution is -0.144. The summed E-state index contributed by atoms with van der Waals surface area (Å²) in [5.74, 6) is 0.589. The maximum Gasteiger partial charge on any atom is 0.320 e. The van der Waals surface area contributed by atoms with Crippen LogP contribution in [0.1, 0.15) is 19.4 Å². The van der Waals surface area contributed by atoms with Crippen molar-refractivity contribution in [3.05, 3.63) is 60.7 Å². The summed E-state index contributed by atoms with van der Waals surface area (Å²) in [6, 6.07) is 16.4. The van der Waals surface area contributed by atoms with Crippen molar-refractivity contribution in [1.82, 2.24) is 4.90 Å². The molecule has 26 heavy (non-hydrogen) atoms. The molecule has 0 amide bonds. The van der Waals surface area contributed by atoms with Crippen LogP contribution in [-0.4, -0.2) is 44.2 Å². The van der Waals surface area contributed by atoms with E-state index in [2.05, 4.69) is 30.8 Å². The normalized spacial score (nSPS) is 10.6. The fourth-order valence-electron chi connectivity index (χ4n) is 2.62. The molecule has 0 unspecified atom stereocenters. The number of likely N-dealkylation sites (N-methyl/N-ethyl adjacent to an activating group) is 1. The highest BCUT2D eigenvalue weighted by Gasteiger charge is 2.10. The fraction of sp³-hybridized carbons (Fsp3) is 0.318. The average Bonchev–Trinajstić information content (AvgIpc) is 2.62. The second-order valence-electron chi connectivity index (χ2n) is 6.25. The first kappa shape index (κ1) is 19.7. The molecule has 2 aromatic carbocycles. The highest BCUT2D eigenvalue weighted by atomic mass is 16.5. The Kier molecular flexibility index (Phi) is 7.42. The van der Waals surface area contributed by atoms with E-state index in [9.17, 15) is 4.79 Å². The van der Waals surface area contributed by atoms with Gasteiger partial charge in [0.25, 0.3) is 0 Å². The van der Waals surface area contributed by atoms with E-state index < -0.39 is 0 Å². The molecule has 4 nitrogen and oxygen atoms in total. The topological polar surface area (TPSA) is 38.8 Å². The predicted molar refractivity (Wildman–Crippen MR) is 106 cm³/mol. The van der Waals surface area contributed by atoms with E-state index in [0.29, 0.717) is 19.8 Å². The number of hydrogen-bond acceptors (Lipinski definition) is 4. The Morgan fingerprint density at radius 2 is 1.85 bits per heavy atom. The van der Waals surface area contributed by atoms with Gasteiger partial charge in [0, 0.05) is 12.1 Å². The minimum Gasteiger partial charge on any atom is -0.492 e. The maximum atomic E-state index is 11.5. The predicted octanol–water partition coefficient (Wildman–Crippen LogP) is 4.26. The standard InChI is InChI=1S/C22H27NO3/c1-5-25-22(24)16-23(4)13-14-26-21-12-11-19(15-20(21)17(2)3)18-9-7-6-8-10-18/h6-12,15H,2,5,13-14,16H2,1,3-4H3. The zero-order valence-corrected chi connectivity index (χ0v) is 15.8. The lowest BCUT2D eigenvalue weighted by Gasteiger charge is -2.18. The van der Waals surface area contributed by atoms with Crippen LogP contribution in [0.3, 0.4) is 0 Å². The van der Waals surface area contributed by atoms with E-state index in [1.54, 1.807) is 6.92 Å². The second-order valence-corrected chi connectivity index (χ2v) is 6.25. The lowest BCUT2D eigenvalue weighted by Crippen LogP contribution is -2.31. The smallest absolute Gasteiger partial charge is 0.320 e. The highest BCUT2D eigenvalue weighted by Crippen LogP contribution is 2.30. The Morgan fingerprint density at radius 1 is 1.12 bits per heavy atom. The molecule has 0 atom stereocenters. The summed E-state index contributed by atoms with van der Waals surface area (Å²) >= 11 is 0. The Morgan fingerprint density at radius 3 is 2.50 bits per heavy atom. The molecule has 0 aliphatic rings. The minimum absolute atomic E-state index is 0.218. The van der Waals surface area contributed by atoms with Gasteiger partial charge in [-0.2, -0.15) is 0 Å². The molecule has 0 saturated carbocycles. The summed E-state index contributed by atoms with van der Waals surface area (Å²) in [4.78, 5) is 13.4. The number of carbonyl (C=O) groups excluding carboxylic acids is 1. The molecule has 0 radical (unpaired) electrons. The Balaban J connectivity index is 2.01. The maximum absolute atomic E-state index is 11.5. The molecule has 0 spiro atoms. The summed E-state index contributed by atoms with van der Waals surface area (Å²) in [6.07, 6.45) is 0. The quantitative estimate of drug-likeness (QED) is 0.632. The van der Waals surface area contributed by atoms with Crippen LogP contribution < -0.4 is 4.74 Å². The van der Waals surface area contributed by atoms with Crippen LogP contribution in [0.4, 0.5) is 0 Å². The molecule has 2 aromatic rings. The Hall–Kier alpha value is -2.59. The van der Waals surface area contributed by atoms with E-state index in [1.165, 1.54) is 0 Å². The zero-order valence-electron chi connectivity index (χ0n) is 15.8. The van der Waals surface area contributed by atoms with Gasteiger partial charge in [0.05, 0.1) is 13.2 Å². The van der Waals surface area contributed by atoms with Gasteiger partial charge in [0.1, 0.15) is 12.4 Å². The fourth-order valence-corrected chi connectivity index (χ4v) is 2.62. The van der Waals surface area contributed by atoms with Crippen LogP contribution in [0.2, 0.25) is 0 Å². The molecule has 0 aliphatic heterocycles. The molecule has 0 heterocycles. The first-order valence-electron chi connectivity index (χ1n) is 8.83. The molecule has 2 rings (SSSR count). The second kappa shape index (κ2) is 9.78. The van der Waals surface area contributed by atoms with E-state index in [1.807, 2.05) is 43.1 Å².